The Labute approximate surface area is 70.2 Å². The Balaban J connectivity index is 3.03. The van der Waals surface area contributed by atoms with Crippen LogP contribution < -0.4 is 10.2 Å². The summed E-state index contributed by atoms with van der Waals surface area (Å²) in [5.74, 6) is 0. The first-order chi connectivity index (χ1) is 5.65. The molecular formula is C6H9BN2O3. The zero-order valence-corrected chi connectivity index (χ0v) is 6.85. The third kappa shape index (κ3) is 1.72. The lowest BCUT2D eigenvalue weighted by molar-refractivity contribution is 0.378. The van der Waals surface area contributed by atoms with Crippen LogP contribution in [0.15, 0.2) is 6.20 Å². The zero-order chi connectivity index (χ0) is 9.14. The molecule has 0 bridgehead atoms. The Morgan fingerprint density at radius 1 is 1.50 bits per heavy atom. The van der Waals surface area contributed by atoms with Gasteiger partial charge in [-0.2, -0.15) is 0 Å². The lowest BCUT2D eigenvalue weighted by Crippen LogP contribution is -2.33. The quantitative estimate of drug-likeness (QED) is 0.524. The van der Waals surface area contributed by atoms with Gasteiger partial charge in [-0.1, -0.05) is 0 Å². The van der Waals surface area contributed by atoms with Crippen LogP contribution >= 0.6 is 0 Å². The number of rotatable bonds is 2. The van der Waals surface area contributed by atoms with Gasteiger partial charge in [-0.15, -0.1) is 0 Å². The first-order valence-corrected chi connectivity index (χ1v) is 3.39. The molecular weight excluding hydrogens is 159 g/mol. The van der Waals surface area contributed by atoms with Crippen LogP contribution in [0.1, 0.15) is 5.69 Å². The van der Waals surface area contributed by atoms with Gasteiger partial charge in [0.2, 0.25) is 0 Å². The fraction of sp³-hybridized carbons (Fsp3) is 0.333. The highest BCUT2D eigenvalue weighted by molar-refractivity contribution is 6.58. The molecule has 64 valence electrons. The summed E-state index contributed by atoms with van der Waals surface area (Å²) >= 11 is 0. The Hall–Kier alpha value is -1.14. The molecule has 0 aliphatic carbocycles. The molecule has 1 aromatic rings. The molecule has 0 aliphatic heterocycles. The van der Waals surface area contributed by atoms with Crippen molar-refractivity contribution >= 4 is 12.6 Å². The van der Waals surface area contributed by atoms with E-state index in [9.17, 15) is 0 Å². The van der Waals surface area contributed by atoms with Crippen LogP contribution in [-0.4, -0.2) is 34.2 Å². The molecule has 2 N–H and O–H groups in total. The van der Waals surface area contributed by atoms with Crippen molar-refractivity contribution in [1.82, 2.24) is 9.97 Å². The Kier molecular flexibility index (Phi) is 2.62. The first-order valence-electron chi connectivity index (χ1n) is 3.39. The zero-order valence-electron chi connectivity index (χ0n) is 6.85. The molecule has 1 heterocycles. The first kappa shape index (κ1) is 8.96. The van der Waals surface area contributed by atoms with Crippen molar-refractivity contribution in [3.05, 3.63) is 11.9 Å². The maximum Gasteiger partial charge on any atom is 0.491 e. The molecule has 0 saturated heterocycles. The average molecular weight is 168 g/mol. The van der Waals surface area contributed by atoms with Crippen LogP contribution in [0.3, 0.4) is 0 Å². The summed E-state index contributed by atoms with van der Waals surface area (Å²) in [6.07, 6.45) is 1.33. The van der Waals surface area contributed by atoms with Crippen molar-refractivity contribution in [1.29, 1.82) is 0 Å². The second-order valence-electron chi connectivity index (χ2n) is 2.27. The van der Waals surface area contributed by atoms with Gasteiger partial charge in [0.15, 0.2) is 0 Å². The number of aryl methyl sites for hydroxylation is 1. The highest BCUT2D eigenvalue weighted by atomic mass is 16.5. The average Bonchev–Trinajstić information content (AvgIpc) is 2.03. The third-order valence-electron chi connectivity index (χ3n) is 1.46. The molecule has 0 aromatic carbocycles. The molecule has 1 rings (SSSR count). The van der Waals surface area contributed by atoms with E-state index < -0.39 is 7.12 Å². The van der Waals surface area contributed by atoms with Crippen molar-refractivity contribution in [3.63, 3.8) is 0 Å². The van der Waals surface area contributed by atoms with E-state index in [0.29, 0.717) is 5.69 Å². The fourth-order valence-electron chi connectivity index (χ4n) is 0.807. The van der Waals surface area contributed by atoms with Gasteiger partial charge in [0.05, 0.1) is 7.11 Å². The summed E-state index contributed by atoms with van der Waals surface area (Å²) in [6, 6.07) is 0.219. The van der Waals surface area contributed by atoms with E-state index in [2.05, 4.69) is 9.97 Å². The van der Waals surface area contributed by atoms with E-state index in [4.69, 9.17) is 14.8 Å². The summed E-state index contributed by atoms with van der Waals surface area (Å²) in [7, 11) is -0.0833. The fourth-order valence-corrected chi connectivity index (χ4v) is 0.807. The summed E-state index contributed by atoms with van der Waals surface area (Å²) in [5, 5.41) is 17.6. The van der Waals surface area contributed by atoms with Crippen molar-refractivity contribution in [2.24, 2.45) is 0 Å². The number of hydrogen-bond donors (Lipinski definition) is 2. The van der Waals surface area contributed by atoms with E-state index in [-0.39, 0.29) is 11.5 Å². The van der Waals surface area contributed by atoms with Gasteiger partial charge >= 0.3 is 13.1 Å². The predicted molar refractivity (Wildman–Crippen MR) is 43.1 cm³/mol. The topological polar surface area (TPSA) is 75.5 Å². The molecule has 0 atom stereocenters. The number of methoxy groups -OCH3 is 1. The number of aromatic nitrogens is 2. The highest BCUT2D eigenvalue weighted by Crippen LogP contribution is 1.98. The molecule has 0 aliphatic rings. The smallest absolute Gasteiger partial charge is 0.467 e. The number of hydrogen-bond acceptors (Lipinski definition) is 5. The van der Waals surface area contributed by atoms with E-state index in [1.54, 1.807) is 6.92 Å². The van der Waals surface area contributed by atoms with Crippen molar-refractivity contribution in [3.8, 4) is 6.01 Å². The normalized spacial score (nSPS) is 9.67. The minimum Gasteiger partial charge on any atom is -0.467 e. The number of nitrogens with zero attached hydrogens (tertiary/aromatic N) is 2. The summed E-state index contributed by atoms with van der Waals surface area (Å²) in [6.45, 7) is 1.65. The molecule has 0 amide bonds. The van der Waals surface area contributed by atoms with Crippen LogP contribution in [-0.2, 0) is 0 Å². The molecule has 0 radical (unpaired) electrons. The van der Waals surface area contributed by atoms with E-state index in [1.807, 2.05) is 0 Å². The third-order valence-corrected chi connectivity index (χ3v) is 1.46. The maximum atomic E-state index is 8.80. The summed E-state index contributed by atoms with van der Waals surface area (Å²) in [4.78, 5) is 7.59. The Morgan fingerprint density at radius 3 is 2.58 bits per heavy atom. The minimum absolute atomic E-state index is 0.219. The van der Waals surface area contributed by atoms with Gasteiger partial charge in [-0.05, 0) is 6.92 Å². The molecule has 12 heavy (non-hydrogen) atoms. The second-order valence-corrected chi connectivity index (χ2v) is 2.27. The van der Waals surface area contributed by atoms with E-state index in [0.717, 1.165) is 0 Å². The van der Waals surface area contributed by atoms with Crippen molar-refractivity contribution in [2.75, 3.05) is 7.11 Å². The molecule has 0 fully saturated rings. The van der Waals surface area contributed by atoms with E-state index in [1.165, 1.54) is 13.3 Å². The van der Waals surface area contributed by atoms with Gasteiger partial charge in [-0.25, -0.2) is 9.97 Å². The SMILES string of the molecule is COc1ncc(B(O)O)c(C)n1. The molecule has 0 saturated carbocycles. The van der Waals surface area contributed by atoms with Crippen LogP contribution in [0.5, 0.6) is 6.01 Å². The van der Waals surface area contributed by atoms with E-state index >= 15 is 0 Å². The molecule has 5 nitrogen and oxygen atoms in total. The van der Waals surface area contributed by atoms with Crippen LogP contribution in [0.25, 0.3) is 0 Å². The van der Waals surface area contributed by atoms with Crippen LogP contribution in [0, 0.1) is 6.92 Å². The lowest BCUT2D eigenvalue weighted by Gasteiger charge is -2.03. The monoisotopic (exact) mass is 168 g/mol. The number of ether oxygens (including phenoxy) is 1. The highest BCUT2D eigenvalue weighted by Gasteiger charge is 2.15. The van der Waals surface area contributed by atoms with Crippen molar-refractivity contribution in [2.45, 2.75) is 6.92 Å². The predicted octanol–water partition coefficient (Wildman–Crippen LogP) is -1.53. The summed E-state index contributed by atoms with van der Waals surface area (Å²) in [5.41, 5.74) is 0.785. The lowest BCUT2D eigenvalue weighted by atomic mass is 9.80. The van der Waals surface area contributed by atoms with Crippen LogP contribution in [0.4, 0.5) is 0 Å². The van der Waals surface area contributed by atoms with Crippen molar-refractivity contribution < 1.29 is 14.8 Å². The molecule has 1 aromatic heterocycles. The molecule has 6 heteroatoms. The van der Waals surface area contributed by atoms with Gasteiger partial charge in [0.25, 0.3) is 0 Å². The largest absolute Gasteiger partial charge is 0.491 e. The standard InChI is InChI=1S/C6H9BN2O3/c1-4-5(7(10)11)3-8-6(9-4)12-2/h3,10-11H,1-2H3. The van der Waals surface area contributed by atoms with Gasteiger partial charge in [-0.3, -0.25) is 0 Å². The Bertz CT molecular complexity index is 279. The van der Waals surface area contributed by atoms with Gasteiger partial charge in [0, 0.05) is 17.4 Å². The second kappa shape index (κ2) is 3.51. The van der Waals surface area contributed by atoms with Gasteiger partial charge < -0.3 is 14.8 Å². The summed E-state index contributed by atoms with van der Waals surface area (Å²) < 4.78 is 4.74. The molecule has 0 spiro atoms. The Morgan fingerprint density at radius 2 is 2.17 bits per heavy atom. The molecule has 0 unspecified atom stereocenters. The van der Waals surface area contributed by atoms with Crippen LogP contribution in [0.2, 0.25) is 0 Å². The maximum absolute atomic E-state index is 8.80. The minimum atomic E-state index is -1.53. The van der Waals surface area contributed by atoms with Gasteiger partial charge in [0.1, 0.15) is 0 Å².